The molecule has 0 aromatic carbocycles. The molecule has 0 aliphatic rings. The van der Waals surface area contributed by atoms with Gasteiger partial charge >= 0.3 is 11.9 Å². The van der Waals surface area contributed by atoms with Gasteiger partial charge in [-0.25, -0.2) is 0 Å². The standard InChI is InChI=1S/C70H124NO8P/c1-6-8-10-12-14-16-18-20-22-23-24-25-26-27-28-29-30-31-32-33-34-35-36-37-38-39-40-41-42-43-44-45-46-47-49-51-53-55-57-59-61-63-70(73)79-68(67-78-80(74,75)77-65-64-71(3,4)5)66-76-69(72)62-60-58-56-54-52-50-48-21-19-17-15-13-11-9-7-2/h8-11,14-17,20-22,24-25,48,52,54,68H,6-7,12-13,18-19,23,26-47,49-51,53,55-67H2,1-5H3/b10-8-,11-9-,16-14-,17-15-,22-20-,25-24-,48-21-,54-52-. The molecule has 0 aliphatic heterocycles. The number of ether oxygens (including phenoxy) is 2. The molecule has 0 heterocycles. The molecule has 0 fully saturated rings. The Balaban J connectivity index is 3.90. The van der Waals surface area contributed by atoms with E-state index in [1.807, 2.05) is 21.1 Å². The van der Waals surface area contributed by atoms with E-state index in [0.29, 0.717) is 23.9 Å². The number of likely N-dealkylation sites (N-methyl/N-ethyl adjacent to an activating group) is 1. The number of allylic oxidation sites excluding steroid dienone is 16. The van der Waals surface area contributed by atoms with E-state index in [4.69, 9.17) is 18.5 Å². The van der Waals surface area contributed by atoms with Crippen LogP contribution in [-0.2, 0) is 32.7 Å². The maximum absolute atomic E-state index is 12.8. The molecule has 462 valence electrons. The second-order valence-electron chi connectivity index (χ2n) is 23.1. The zero-order valence-corrected chi connectivity index (χ0v) is 53.4. The summed E-state index contributed by atoms with van der Waals surface area (Å²) >= 11 is 0. The summed E-state index contributed by atoms with van der Waals surface area (Å²) in [5.41, 5.74) is 0. The quantitative estimate of drug-likeness (QED) is 0.0195. The van der Waals surface area contributed by atoms with Crippen molar-refractivity contribution < 1.29 is 42.1 Å². The molecular weight excluding hydrogens is 1010 g/mol. The van der Waals surface area contributed by atoms with Gasteiger partial charge in [-0.2, -0.15) is 0 Å². The maximum atomic E-state index is 12.8. The summed E-state index contributed by atoms with van der Waals surface area (Å²) in [5.74, 6) is -0.877. The molecule has 0 aromatic rings. The third-order valence-corrected chi connectivity index (χ3v) is 15.1. The van der Waals surface area contributed by atoms with E-state index in [0.717, 1.165) is 83.5 Å². The zero-order chi connectivity index (χ0) is 58.4. The van der Waals surface area contributed by atoms with E-state index in [1.54, 1.807) is 0 Å². The van der Waals surface area contributed by atoms with Crippen molar-refractivity contribution in [1.82, 2.24) is 0 Å². The highest BCUT2D eigenvalue weighted by atomic mass is 31.2. The molecule has 80 heavy (non-hydrogen) atoms. The third-order valence-electron chi connectivity index (χ3n) is 14.1. The van der Waals surface area contributed by atoms with E-state index >= 15 is 0 Å². The van der Waals surface area contributed by atoms with Crippen LogP contribution in [0.5, 0.6) is 0 Å². The predicted octanol–water partition coefficient (Wildman–Crippen LogP) is 20.5. The smallest absolute Gasteiger partial charge is 0.306 e. The molecule has 0 bridgehead atoms. The van der Waals surface area contributed by atoms with Gasteiger partial charge in [-0.1, -0.05) is 278 Å². The second kappa shape index (κ2) is 60.5. The van der Waals surface area contributed by atoms with Crippen LogP contribution in [0.15, 0.2) is 97.2 Å². The Morgan fingerprint density at radius 2 is 0.675 bits per heavy atom. The van der Waals surface area contributed by atoms with Gasteiger partial charge in [0.1, 0.15) is 19.8 Å². The molecule has 9 nitrogen and oxygen atoms in total. The Hall–Kier alpha value is -3.07. The van der Waals surface area contributed by atoms with Gasteiger partial charge < -0.3 is 27.9 Å². The number of carbonyl (C=O) groups excluding carboxylic acids is 2. The average molecular weight is 1140 g/mol. The summed E-state index contributed by atoms with van der Waals surface area (Å²) in [5, 5.41) is 0. The predicted molar refractivity (Wildman–Crippen MR) is 342 cm³/mol. The number of rotatable bonds is 60. The number of hydrogen-bond acceptors (Lipinski definition) is 8. The number of quaternary nitrogens is 1. The van der Waals surface area contributed by atoms with Crippen molar-refractivity contribution in [2.45, 2.75) is 290 Å². The number of unbranched alkanes of at least 4 members (excludes halogenated alkanes) is 30. The highest BCUT2D eigenvalue weighted by molar-refractivity contribution is 7.45. The van der Waals surface area contributed by atoms with Crippen LogP contribution in [0.25, 0.3) is 0 Å². The first kappa shape index (κ1) is 76.9. The van der Waals surface area contributed by atoms with E-state index in [2.05, 4.69) is 111 Å². The lowest BCUT2D eigenvalue weighted by atomic mass is 10.0. The first-order valence-electron chi connectivity index (χ1n) is 32.9. The lowest BCUT2D eigenvalue weighted by molar-refractivity contribution is -0.870. The zero-order valence-electron chi connectivity index (χ0n) is 52.5. The largest absolute Gasteiger partial charge is 0.756 e. The van der Waals surface area contributed by atoms with Gasteiger partial charge in [0.2, 0.25) is 0 Å². The number of phosphoric acid groups is 1. The van der Waals surface area contributed by atoms with Crippen molar-refractivity contribution in [1.29, 1.82) is 0 Å². The Kier molecular flexibility index (Phi) is 58.2. The molecule has 2 atom stereocenters. The summed E-state index contributed by atoms with van der Waals surface area (Å²) < 4.78 is 34.1. The minimum absolute atomic E-state index is 0.0394. The van der Waals surface area contributed by atoms with Crippen molar-refractivity contribution in [3.8, 4) is 0 Å². The van der Waals surface area contributed by atoms with Gasteiger partial charge in [-0.3, -0.25) is 14.2 Å². The van der Waals surface area contributed by atoms with Gasteiger partial charge in [-0.05, 0) is 89.9 Å². The maximum Gasteiger partial charge on any atom is 0.306 e. The van der Waals surface area contributed by atoms with Crippen LogP contribution in [-0.4, -0.2) is 70.0 Å². The third kappa shape index (κ3) is 64.1. The molecule has 0 aliphatic carbocycles. The van der Waals surface area contributed by atoms with Crippen LogP contribution in [0.4, 0.5) is 0 Å². The number of carbonyl (C=O) groups is 2. The Bertz CT molecular complexity index is 1670. The fraction of sp³-hybridized carbons (Fsp3) is 0.743. The van der Waals surface area contributed by atoms with Gasteiger partial charge in [0.25, 0.3) is 7.82 Å². The molecule has 0 rings (SSSR count). The fourth-order valence-electron chi connectivity index (χ4n) is 9.11. The molecule has 0 spiro atoms. The summed E-state index contributed by atoms with van der Waals surface area (Å²) in [6.07, 6.45) is 83.8. The molecule has 0 radical (unpaired) electrons. The first-order chi connectivity index (χ1) is 39.0. The lowest BCUT2D eigenvalue weighted by Crippen LogP contribution is -2.37. The highest BCUT2D eigenvalue weighted by Gasteiger charge is 2.22. The second-order valence-corrected chi connectivity index (χ2v) is 24.5. The molecule has 0 aromatic heterocycles. The van der Waals surface area contributed by atoms with Crippen molar-refractivity contribution in [3.05, 3.63) is 97.2 Å². The Labute approximate surface area is 493 Å². The van der Waals surface area contributed by atoms with E-state index in [-0.39, 0.29) is 26.1 Å². The van der Waals surface area contributed by atoms with Gasteiger partial charge in [0.15, 0.2) is 6.10 Å². The van der Waals surface area contributed by atoms with Crippen molar-refractivity contribution >= 4 is 19.8 Å². The van der Waals surface area contributed by atoms with E-state index < -0.39 is 32.5 Å². The topological polar surface area (TPSA) is 111 Å². The molecule has 10 heteroatoms. The number of esters is 2. The molecular formula is C70H124NO8P. The van der Waals surface area contributed by atoms with Crippen LogP contribution >= 0.6 is 7.82 Å². The molecule has 0 saturated heterocycles. The molecule has 0 saturated carbocycles. The first-order valence-corrected chi connectivity index (χ1v) is 34.4. The minimum atomic E-state index is -4.65. The van der Waals surface area contributed by atoms with Crippen LogP contribution in [0.3, 0.4) is 0 Å². The van der Waals surface area contributed by atoms with E-state index in [9.17, 15) is 19.0 Å². The summed E-state index contributed by atoms with van der Waals surface area (Å²) in [4.78, 5) is 37.8. The summed E-state index contributed by atoms with van der Waals surface area (Å²) in [6.45, 7) is 3.98. The monoisotopic (exact) mass is 1140 g/mol. The van der Waals surface area contributed by atoms with Crippen molar-refractivity contribution in [2.75, 3.05) is 47.5 Å². The Morgan fingerprint density at radius 3 is 1.02 bits per heavy atom. The van der Waals surface area contributed by atoms with Crippen molar-refractivity contribution in [2.24, 2.45) is 0 Å². The SMILES string of the molecule is CC/C=C\C/C=C\C/C=C\C/C=C\CCCCCCCCCCCCCCCCCCCCCCCCCCCCCCC(=O)OC(COC(=O)CCCC/C=C\C/C=C\C/C=C\C/C=C\CC)COP(=O)([O-])OCC[N+](C)(C)C. The Morgan fingerprint density at radius 1 is 0.388 bits per heavy atom. The lowest BCUT2D eigenvalue weighted by Gasteiger charge is -2.28. The van der Waals surface area contributed by atoms with E-state index in [1.165, 1.54) is 161 Å². The average Bonchev–Trinajstić information content (AvgIpc) is 3.42. The molecule has 2 unspecified atom stereocenters. The summed E-state index contributed by atoms with van der Waals surface area (Å²) in [7, 11) is 1.14. The van der Waals surface area contributed by atoms with Gasteiger partial charge in [0.05, 0.1) is 27.7 Å². The van der Waals surface area contributed by atoms with Crippen LogP contribution < -0.4 is 4.89 Å². The summed E-state index contributed by atoms with van der Waals surface area (Å²) in [6, 6.07) is 0. The van der Waals surface area contributed by atoms with Crippen LogP contribution in [0, 0.1) is 0 Å². The van der Waals surface area contributed by atoms with Crippen molar-refractivity contribution in [3.63, 3.8) is 0 Å². The number of nitrogens with zero attached hydrogens (tertiary/aromatic N) is 1. The number of hydrogen-bond donors (Lipinski definition) is 0. The fourth-order valence-corrected chi connectivity index (χ4v) is 9.84. The number of phosphoric ester groups is 1. The molecule has 0 amide bonds. The molecule has 0 N–H and O–H groups in total. The van der Waals surface area contributed by atoms with Crippen LogP contribution in [0.1, 0.15) is 284 Å². The van der Waals surface area contributed by atoms with Gasteiger partial charge in [-0.15, -0.1) is 0 Å². The van der Waals surface area contributed by atoms with Gasteiger partial charge in [0, 0.05) is 12.8 Å². The van der Waals surface area contributed by atoms with Crippen LogP contribution in [0.2, 0.25) is 0 Å². The minimum Gasteiger partial charge on any atom is -0.756 e. The highest BCUT2D eigenvalue weighted by Crippen LogP contribution is 2.38. The normalized spacial score (nSPS) is 13.8.